The van der Waals surface area contributed by atoms with Crippen molar-refractivity contribution in [2.75, 3.05) is 19.8 Å². The molecule has 102 valence electrons. The van der Waals surface area contributed by atoms with Crippen LogP contribution in [0.2, 0.25) is 0 Å². The van der Waals surface area contributed by atoms with Gasteiger partial charge in [0.1, 0.15) is 0 Å². The summed E-state index contributed by atoms with van der Waals surface area (Å²) in [7, 11) is -4.02. The minimum atomic E-state index is -4.02. The van der Waals surface area contributed by atoms with E-state index in [2.05, 4.69) is 12.2 Å². The van der Waals surface area contributed by atoms with Crippen LogP contribution in [-0.4, -0.2) is 38.8 Å². The highest BCUT2D eigenvalue weighted by Gasteiger charge is 2.06. The van der Waals surface area contributed by atoms with Crippen LogP contribution < -0.4 is 5.32 Å². The molecule has 5 nitrogen and oxygen atoms in total. The minimum Gasteiger partial charge on any atom is -0.379 e. The molecule has 0 saturated carbocycles. The lowest BCUT2D eigenvalue weighted by molar-refractivity contribution is 0.0824. The van der Waals surface area contributed by atoms with Crippen LogP contribution >= 0.6 is 0 Å². The van der Waals surface area contributed by atoms with Crippen LogP contribution in [0.25, 0.3) is 0 Å². The molecular weight excluding hydrogens is 254 g/mol. The predicted molar refractivity (Wildman–Crippen MR) is 69.3 cm³/mol. The van der Waals surface area contributed by atoms with Gasteiger partial charge >= 0.3 is 0 Å². The van der Waals surface area contributed by atoms with Crippen molar-refractivity contribution < 1.29 is 17.7 Å². The van der Waals surface area contributed by atoms with E-state index in [9.17, 15) is 8.42 Å². The van der Waals surface area contributed by atoms with Crippen LogP contribution in [0.1, 0.15) is 12.5 Å². The van der Waals surface area contributed by atoms with Crippen molar-refractivity contribution in [3.8, 4) is 0 Å². The Balaban J connectivity index is 0.000000199. The molecule has 1 atom stereocenters. The molecule has 1 saturated heterocycles. The van der Waals surface area contributed by atoms with Crippen LogP contribution in [-0.2, 0) is 14.9 Å². The van der Waals surface area contributed by atoms with E-state index in [1.807, 2.05) is 6.92 Å². The van der Waals surface area contributed by atoms with Crippen LogP contribution in [0.5, 0.6) is 0 Å². The third-order valence-corrected chi connectivity index (χ3v) is 3.29. The Morgan fingerprint density at radius 3 is 2.28 bits per heavy atom. The fourth-order valence-electron chi connectivity index (χ4n) is 1.41. The molecule has 1 aromatic rings. The summed E-state index contributed by atoms with van der Waals surface area (Å²) in [5, 5.41) is 3.26. The molecule has 2 N–H and O–H groups in total. The lowest BCUT2D eigenvalue weighted by Crippen LogP contribution is -2.38. The molecule has 6 heteroatoms. The number of benzene rings is 1. The first-order valence-electron chi connectivity index (χ1n) is 5.75. The first-order valence-corrected chi connectivity index (χ1v) is 7.19. The van der Waals surface area contributed by atoms with E-state index >= 15 is 0 Å². The second-order valence-electron chi connectivity index (χ2n) is 4.22. The molecule has 1 heterocycles. The zero-order valence-corrected chi connectivity index (χ0v) is 11.4. The van der Waals surface area contributed by atoms with Crippen molar-refractivity contribution in [3.63, 3.8) is 0 Å². The van der Waals surface area contributed by atoms with Crippen LogP contribution in [0.4, 0.5) is 0 Å². The smallest absolute Gasteiger partial charge is 0.294 e. The van der Waals surface area contributed by atoms with Gasteiger partial charge < -0.3 is 10.1 Å². The topological polar surface area (TPSA) is 75.6 Å². The second-order valence-corrected chi connectivity index (χ2v) is 5.64. The maximum absolute atomic E-state index is 10.5. The van der Waals surface area contributed by atoms with Crippen molar-refractivity contribution in [1.82, 2.24) is 5.32 Å². The van der Waals surface area contributed by atoms with E-state index in [1.165, 1.54) is 12.1 Å². The molecule has 0 aromatic heterocycles. The molecule has 1 aliphatic heterocycles. The average Bonchev–Trinajstić information content (AvgIpc) is 2.30. The van der Waals surface area contributed by atoms with Gasteiger partial charge in [0.15, 0.2) is 0 Å². The Bertz CT molecular complexity index is 449. The first-order chi connectivity index (χ1) is 8.39. The monoisotopic (exact) mass is 273 g/mol. The molecule has 0 bridgehead atoms. The average molecular weight is 273 g/mol. The maximum atomic E-state index is 10.5. The summed E-state index contributed by atoms with van der Waals surface area (Å²) in [6.07, 6.45) is 0. The molecule has 0 aliphatic carbocycles. The van der Waals surface area contributed by atoms with Gasteiger partial charge in [0.25, 0.3) is 10.1 Å². The van der Waals surface area contributed by atoms with E-state index in [0.717, 1.165) is 25.3 Å². The molecule has 1 aliphatic rings. The molecule has 0 amide bonds. The lowest BCUT2D eigenvalue weighted by atomic mass is 10.2. The summed E-state index contributed by atoms with van der Waals surface area (Å²) in [6, 6.07) is 6.55. The summed E-state index contributed by atoms with van der Waals surface area (Å²) in [6.45, 7) is 6.73. The van der Waals surface area contributed by atoms with Crippen LogP contribution in [0, 0.1) is 6.92 Å². The van der Waals surface area contributed by atoms with E-state index in [0.29, 0.717) is 6.04 Å². The van der Waals surface area contributed by atoms with Crippen LogP contribution in [0.15, 0.2) is 29.2 Å². The Labute approximate surface area is 108 Å². The molecular formula is C12H19NO4S. The Morgan fingerprint density at radius 1 is 1.33 bits per heavy atom. The molecule has 0 unspecified atom stereocenters. The maximum Gasteiger partial charge on any atom is 0.294 e. The molecule has 0 spiro atoms. The Morgan fingerprint density at radius 2 is 1.94 bits per heavy atom. The highest BCUT2D eigenvalue weighted by Crippen LogP contribution is 2.08. The standard InChI is InChI=1S/C7H8O3S.C5H11NO/c1-6-2-4-7(5-3-6)11(8,9)10;1-5-4-7-3-2-6-5/h2-5H,1H3,(H,8,9,10);5-6H,2-4H2,1H3/t;5-/m.1/s1. The largest absolute Gasteiger partial charge is 0.379 e. The third kappa shape index (κ3) is 5.59. The number of nitrogens with one attached hydrogen (secondary N) is 1. The van der Waals surface area contributed by atoms with Gasteiger partial charge in [-0.05, 0) is 26.0 Å². The van der Waals surface area contributed by atoms with Crippen LogP contribution in [0.3, 0.4) is 0 Å². The van der Waals surface area contributed by atoms with Crippen molar-refractivity contribution in [3.05, 3.63) is 29.8 Å². The third-order valence-electron chi connectivity index (χ3n) is 2.43. The molecule has 18 heavy (non-hydrogen) atoms. The number of morpholine rings is 1. The molecule has 1 fully saturated rings. The summed E-state index contributed by atoms with van der Waals surface area (Å²) in [5.74, 6) is 0. The SMILES string of the molecule is C[C@@H]1COCCN1.Cc1ccc(S(=O)(=O)O)cc1. The first kappa shape index (κ1) is 15.1. The summed E-state index contributed by atoms with van der Waals surface area (Å²) in [5.41, 5.74) is 0.956. The van der Waals surface area contributed by atoms with Gasteiger partial charge in [-0.1, -0.05) is 17.7 Å². The molecule has 0 radical (unpaired) electrons. The minimum absolute atomic E-state index is 0.0666. The Hall–Kier alpha value is -0.950. The van der Waals surface area contributed by atoms with E-state index < -0.39 is 10.1 Å². The number of ether oxygens (including phenoxy) is 1. The van der Waals surface area contributed by atoms with Gasteiger partial charge in [-0.25, -0.2) is 0 Å². The fourth-order valence-corrected chi connectivity index (χ4v) is 1.89. The number of hydrogen-bond donors (Lipinski definition) is 2. The van der Waals surface area contributed by atoms with Gasteiger partial charge in [0.05, 0.1) is 18.1 Å². The van der Waals surface area contributed by atoms with Gasteiger partial charge in [0.2, 0.25) is 0 Å². The summed E-state index contributed by atoms with van der Waals surface area (Å²) >= 11 is 0. The van der Waals surface area contributed by atoms with E-state index in [4.69, 9.17) is 9.29 Å². The van der Waals surface area contributed by atoms with Gasteiger partial charge in [-0.2, -0.15) is 8.42 Å². The number of aryl methyl sites for hydroxylation is 1. The van der Waals surface area contributed by atoms with Crippen molar-refractivity contribution in [1.29, 1.82) is 0 Å². The normalized spacial score (nSPS) is 19.8. The summed E-state index contributed by atoms with van der Waals surface area (Å²) in [4.78, 5) is -0.0666. The van der Waals surface area contributed by atoms with Crippen molar-refractivity contribution >= 4 is 10.1 Å². The zero-order chi connectivity index (χ0) is 13.6. The van der Waals surface area contributed by atoms with Crippen molar-refractivity contribution in [2.45, 2.75) is 24.8 Å². The highest BCUT2D eigenvalue weighted by molar-refractivity contribution is 7.85. The molecule has 1 aromatic carbocycles. The Kier molecular flexibility index (Phi) is 5.74. The second kappa shape index (κ2) is 6.84. The van der Waals surface area contributed by atoms with Gasteiger partial charge in [0, 0.05) is 12.6 Å². The summed E-state index contributed by atoms with van der Waals surface area (Å²) < 4.78 is 34.7. The predicted octanol–water partition coefficient (Wildman–Crippen LogP) is 1.24. The quantitative estimate of drug-likeness (QED) is 0.753. The van der Waals surface area contributed by atoms with E-state index in [1.54, 1.807) is 12.1 Å². The van der Waals surface area contributed by atoms with Gasteiger partial charge in [-0.15, -0.1) is 0 Å². The van der Waals surface area contributed by atoms with Gasteiger partial charge in [-0.3, -0.25) is 4.55 Å². The number of hydrogen-bond acceptors (Lipinski definition) is 4. The highest BCUT2D eigenvalue weighted by atomic mass is 32.2. The molecule has 2 rings (SSSR count). The van der Waals surface area contributed by atoms with Crippen molar-refractivity contribution in [2.24, 2.45) is 0 Å². The lowest BCUT2D eigenvalue weighted by Gasteiger charge is -2.19. The fraction of sp³-hybridized carbons (Fsp3) is 0.500. The zero-order valence-electron chi connectivity index (χ0n) is 10.6. The van der Waals surface area contributed by atoms with E-state index in [-0.39, 0.29) is 4.90 Å². The number of rotatable bonds is 1.